The highest BCUT2D eigenvalue weighted by Crippen LogP contribution is 2.42. The van der Waals surface area contributed by atoms with E-state index < -0.39 is 6.04 Å². The van der Waals surface area contributed by atoms with Gasteiger partial charge in [-0.15, -0.1) is 0 Å². The molecule has 0 spiro atoms. The van der Waals surface area contributed by atoms with Crippen LogP contribution in [0.25, 0.3) is 11.3 Å². The first-order valence-electron chi connectivity index (χ1n) is 10.5. The molecule has 1 aliphatic heterocycles. The second-order valence-electron chi connectivity index (χ2n) is 8.06. The molecular formula is C23H23N7O3. The van der Waals surface area contributed by atoms with Gasteiger partial charge in [-0.2, -0.15) is 9.78 Å². The summed E-state index contributed by atoms with van der Waals surface area (Å²) in [6.45, 7) is 4.29. The number of anilines is 2. The van der Waals surface area contributed by atoms with Gasteiger partial charge in [0.05, 0.1) is 19.9 Å². The van der Waals surface area contributed by atoms with Crippen molar-refractivity contribution in [1.82, 2.24) is 30.4 Å². The summed E-state index contributed by atoms with van der Waals surface area (Å²) in [4.78, 5) is 12.8. The van der Waals surface area contributed by atoms with Crippen LogP contribution in [0.5, 0.6) is 11.5 Å². The first-order chi connectivity index (χ1) is 16.0. The van der Waals surface area contributed by atoms with E-state index in [0.717, 1.165) is 11.1 Å². The summed E-state index contributed by atoms with van der Waals surface area (Å²) >= 11 is 0. The van der Waals surface area contributed by atoms with E-state index in [9.17, 15) is 4.79 Å². The zero-order chi connectivity index (χ0) is 23.1. The third kappa shape index (κ3) is 3.39. The molecule has 0 aliphatic carbocycles. The van der Waals surface area contributed by atoms with Crippen LogP contribution in [-0.2, 0) is 0 Å². The molecule has 2 aromatic carbocycles. The average Bonchev–Trinajstić information content (AvgIpc) is 3.31. The first-order valence-corrected chi connectivity index (χ1v) is 10.5. The van der Waals surface area contributed by atoms with Crippen LogP contribution in [0.2, 0.25) is 0 Å². The largest absolute Gasteiger partial charge is 0.493 e. The van der Waals surface area contributed by atoms with E-state index >= 15 is 0 Å². The molecule has 168 valence electrons. The van der Waals surface area contributed by atoms with E-state index in [1.54, 1.807) is 25.0 Å². The quantitative estimate of drug-likeness (QED) is 0.423. The highest BCUT2D eigenvalue weighted by atomic mass is 16.5. The van der Waals surface area contributed by atoms with Crippen molar-refractivity contribution in [2.24, 2.45) is 0 Å². The minimum atomic E-state index is -0.453. The summed E-state index contributed by atoms with van der Waals surface area (Å²) in [5.41, 5.74) is 4.16. The lowest BCUT2D eigenvalue weighted by atomic mass is 9.91. The van der Waals surface area contributed by atoms with E-state index in [1.165, 1.54) is 5.56 Å². The Hall–Kier alpha value is -4.21. The highest BCUT2D eigenvalue weighted by molar-refractivity contribution is 5.76. The van der Waals surface area contributed by atoms with Crippen molar-refractivity contribution < 1.29 is 9.47 Å². The van der Waals surface area contributed by atoms with Gasteiger partial charge in [0.25, 0.3) is 5.56 Å². The van der Waals surface area contributed by atoms with Crippen LogP contribution < -0.4 is 20.3 Å². The number of ether oxygens (including phenoxy) is 2. The predicted octanol–water partition coefficient (Wildman–Crippen LogP) is 3.26. The third-order valence-corrected chi connectivity index (χ3v) is 5.84. The molecule has 0 radical (unpaired) electrons. The molecule has 0 saturated heterocycles. The average molecular weight is 445 g/mol. The van der Waals surface area contributed by atoms with E-state index in [-0.39, 0.29) is 5.56 Å². The normalized spacial score (nSPS) is 14.4. The Balaban J connectivity index is 1.75. The maximum atomic E-state index is 12.8. The number of hydrogen-bond donors (Lipinski definition) is 2. The topological polar surface area (TPSA) is 120 Å². The van der Waals surface area contributed by atoms with E-state index in [0.29, 0.717) is 40.3 Å². The lowest BCUT2D eigenvalue weighted by Crippen LogP contribution is -2.29. The van der Waals surface area contributed by atoms with Gasteiger partial charge in [0.15, 0.2) is 11.5 Å². The number of aromatic nitrogens is 6. The molecule has 0 amide bonds. The summed E-state index contributed by atoms with van der Waals surface area (Å²) in [7, 11) is 3.16. The molecule has 0 fully saturated rings. The lowest BCUT2D eigenvalue weighted by Gasteiger charge is -2.28. The van der Waals surface area contributed by atoms with Crippen LogP contribution >= 0.6 is 0 Å². The van der Waals surface area contributed by atoms with Gasteiger partial charge < -0.3 is 14.8 Å². The molecule has 3 heterocycles. The molecule has 2 N–H and O–H groups in total. The number of nitrogens with one attached hydrogen (secondary N) is 2. The maximum absolute atomic E-state index is 12.8. The fourth-order valence-electron chi connectivity index (χ4n) is 4.11. The Morgan fingerprint density at radius 2 is 1.79 bits per heavy atom. The Labute approximate surface area is 189 Å². The number of benzene rings is 2. The third-order valence-electron chi connectivity index (χ3n) is 5.84. The van der Waals surface area contributed by atoms with E-state index in [4.69, 9.17) is 9.47 Å². The van der Waals surface area contributed by atoms with Crippen LogP contribution in [0.1, 0.15) is 42.5 Å². The number of tetrazole rings is 1. The van der Waals surface area contributed by atoms with Crippen molar-refractivity contribution >= 4 is 11.6 Å². The minimum absolute atomic E-state index is 0.354. The smallest absolute Gasteiger partial charge is 0.288 e. The van der Waals surface area contributed by atoms with Gasteiger partial charge in [-0.25, -0.2) is 5.10 Å². The fourth-order valence-corrected chi connectivity index (χ4v) is 4.11. The van der Waals surface area contributed by atoms with Gasteiger partial charge in [0, 0.05) is 11.1 Å². The van der Waals surface area contributed by atoms with Crippen LogP contribution in [0.4, 0.5) is 11.6 Å². The Morgan fingerprint density at radius 1 is 1.03 bits per heavy atom. The SMILES string of the molecule is COc1ccc(-c2n[nH]c(=O)c3c2C(c2ccc(C(C)C)cc2)n2nnnc2N3)cc1OC. The van der Waals surface area contributed by atoms with Crippen LogP contribution in [0.15, 0.2) is 47.3 Å². The molecule has 0 saturated carbocycles. The number of hydrogen-bond acceptors (Lipinski definition) is 8. The van der Waals surface area contributed by atoms with Crippen molar-refractivity contribution in [3.63, 3.8) is 0 Å². The number of rotatable bonds is 5. The second kappa shape index (κ2) is 8.05. The first kappa shape index (κ1) is 20.7. The predicted molar refractivity (Wildman–Crippen MR) is 122 cm³/mol. The molecule has 0 bridgehead atoms. The minimum Gasteiger partial charge on any atom is -0.493 e. The molecule has 33 heavy (non-hydrogen) atoms. The van der Waals surface area contributed by atoms with Gasteiger partial charge >= 0.3 is 0 Å². The van der Waals surface area contributed by atoms with E-state index in [2.05, 4.69) is 57.0 Å². The number of fused-ring (bicyclic) bond motifs is 2. The molecule has 2 aromatic heterocycles. The molecule has 5 rings (SSSR count). The monoisotopic (exact) mass is 445 g/mol. The number of H-pyrrole nitrogens is 1. The van der Waals surface area contributed by atoms with Crippen molar-refractivity contribution in [1.29, 1.82) is 0 Å². The number of methoxy groups -OCH3 is 2. The van der Waals surface area contributed by atoms with E-state index in [1.807, 2.05) is 24.3 Å². The van der Waals surface area contributed by atoms with Gasteiger partial charge in [0.1, 0.15) is 11.7 Å². The van der Waals surface area contributed by atoms with Gasteiger partial charge in [-0.1, -0.05) is 43.2 Å². The highest BCUT2D eigenvalue weighted by Gasteiger charge is 2.34. The van der Waals surface area contributed by atoms with Crippen molar-refractivity contribution in [3.8, 4) is 22.8 Å². The summed E-state index contributed by atoms with van der Waals surface area (Å²) in [6.07, 6.45) is 0. The second-order valence-corrected chi connectivity index (χ2v) is 8.06. The molecule has 1 aliphatic rings. The molecule has 1 atom stereocenters. The standard InChI is InChI=1S/C23H23N7O3/c1-12(2)13-5-7-14(8-6-13)21-18-19(15-9-10-16(32-3)17(11-15)33-4)25-26-22(31)20(18)24-23-27-28-29-30(21)23/h5-12,21H,1-4H3,(H,26,31)(H,24,27,29). The fraction of sp³-hybridized carbons (Fsp3) is 0.261. The molecule has 4 aromatic rings. The maximum Gasteiger partial charge on any atom is 0.288 e. The number of nitrogens with zero attached hydrogens (tertiary/aromatic N) is 5. The summed E-state index contributed by atoms with van der Waals surface area (Å²) in [5.74, 6) is 1.94. The molecule has 1 unspecified atom stereocenters. The van der Waals surface area contributed by atoms with Crippen LogP contribution in [0, 0.1) is 0 Å². The van der Waals surface area contributed by atoms with Gasteiger partial charge in [-0.3, -0.25) is 4.79 Å². The van der Waals surface area contributed by atoms with Crippen molar-refractivity contribution in [2.75, 3.05) is 19.5 Å². The van der Waals surface area contributed by atoms with Crippen LogP contribution in [0.3, 0.4) is 0 Å². The number of aromatic amines is 1. The Bertz CT molecular complexity index is 1380. The van der Waals surface area contributed by atoms with Crippen LogP contribution in [-0.4, -0.2) is 44.6 Å². The zero-order valence-electron chi connectivity index (χ0n) is 18.7. The van der Waals surface area contributed by atoms with Crippen molar-refractivity contribution in [3.05, 3.63) is 69.5 Å². The Kier molecular flexibility index (Phi) is 5.04. The Morgan fingerprint density at radius 3 is 2.48 bits per heavy atom. The summed E-state index contributed by atoms with van der Waals surface area (Å²) in [5, 5.41) is 22.2. The lowest BCUT2D eigenvalue weighted by molar-refractivity contribution is 0.355. The molecule has 10 heteroatoms. The summed E-state index contributed by atoms with van der Waals surface area (Å²) < 4.78 is 12.5. The molecular weight excluding hydrogens is 422 g/mol. The zero-order valence-corrected chi connectivity index (χ0v) is 18.7. The van der Waals surface area contributed by atoms with Gasteiger partial charge in [0.2, 0.25) is 5.95 Å². The van der Waals surface area contributed by atoms with Crippen molar-refractivity contribution in [2.45, 2.75) is 25.8 Å². The molecule has 10 nitrogen and oxygen atoms in total. The van der Waals surface area contributed by atoms with Gasteiger partial charge in [-0.05, 0) is 45.7 Å². The summed E-state index contributed by atoms with van der Waals surface area (Å²) in [6, 6.07) is 13.3.